The number of rotatable bonds is 2. The van der Waals surface area contributed by atoms with Crippen molar-refractivity contribution in [3.8, 4) is 0 Å². The molecule has 0 spiro atoms. The molecule has 0 unspecified atom stereocenters. The highest BCUT2D eigenvalue weighted by Gasteiger charge is 2.23. The number of hydrogen-bond acceptors (Lipinski definition) is 4. The highest BCUT2D eigenvalue weighted by molar-refractivity contribution is 6.23. The van der Waals surface area contributed by atoms with Crippen LogP contribution in [0.4, 0.5) is 0 Å². The number of pyridine rings is 4. The van der Waals surface area contributed by atoms with Crippen LogP contribution in [0.1, 0.15) is 25.0 Å². The van der Waals surface area contributed by atoms with E-state index in [2.05, 4.69) is 0 Å². The van der Waals surface area contributed by atoms with Crippen molar-refractivity contribution in [1.29, 1.82) is 0 Å². The Bertz CT molecular complexity index is 2440. The van der Waals surface area contributed by atoms with E-state index in [1.54, 1.807) is 24.3 Å². The van der Waals surface area contributed by atoms with E-state index in [1.165, 1.54) is 0 Å². The molecule has 6 heterocycles. The number of aryl methyl sites for hydroxylation is 2. The third kappa shape index (κ3) is 2.37. The molecule has 9 aromatic rings. The third-order valence-electron chi connectivity index (χ3n) is 8.96. The lowest BCUT2D eigenvalue weighted by Gasteiger charge is -2.10. The summed E-state index contributed by atoms with van der Waals surface area (Å²) in [5, 5.41) is 5.49. The largest absolute Gasteiger partial charge is 0.307 e. The number of aromatic nitrogens is 2. The van der Waals surface area contributed by atoms with E-state index in [-0.39, 0.29) is 21.7 Å². The van der Waals surface area contributed by atoms with Crippen molar-refractivity contribution in [2.45, 2.75) is 26.7 Å². The number of nitrogens with zero attached hydrogens (tertiary/aromatic N) is 2. The van der Waals surface area contributed by atoms with Crippen molar-refractivity contribution < 1.29 is 0 Å². The summed E-state index contributed by atoms with van der Waals surface area (Å²) in [6.07, 6.45) is 1.45. The lowest BCUT2D eigenvalue weighted by molar-refractivity contribution is 1.15. The zero-order valence-corrected chi connectivity index (χ0v) is 21.7. The van der Waals surface area contributed by atoms with Crippen LogP contribution in [-0.4, -0.2) is 8.80 Å². The molecule has 0 atom stereocenters. The maximum absolute atomic E-state index is 13.4. The molecule has 6 aromatic heterocycles. The van der Waals surface area contributed by atoms with Gasteiger partial charge in [0, 0.05) is 67.4 Å². The molecular formula is C34H20N2O4. The second-order valence-electron chi connectivity index (χ2n) is 11.0. The van der Waals surface area contributed by atoms with Gasteiger partial charge in [-0.15, -0.1) is 0 Å². The average molecular weight is 521 g/mol. The van der Waals surface area contributed by atoms with Crippen LogP contribution in [-0.2, 0) is 12.8 Å². The molecule has 0 aliphatic carbocycles. The first-order valence-electron chi connectivity index (χ1n) is 13.6. The van der Waals surface area contributed by atoms with Gasteiger partial charge in [-0.25, -0.2) is 0 Å². The van der Waals surface area contributed by atoms with Crippen molar-refractivity contribution in [1.82, 2.24) is 8.80 Å². The van der Waals surface area contributed by atoms with E-state index in [4.69, 9.17) is 0 Å². The van der Waals surface area contributed by atoms with Gasteiger partial charge in [-0.1, -0.05) is 13.8 Å². The summed E-state index contributed by atoms with van der Waals surface area (Å²) in [6.45, 7) is 4.02. The first-order valence-corrected chi connectivity index (χ1v) is 13.6. The van der Waals surface area contributed by atoms with Gasteiger partial charge in [-0.3, -0.25) is 19.2 Å². The van der Waals surface area contributed by atoms with E-state index in [0.717, 1.165) is 67.6 Å². The lowest BCUT2D eigenvalue weighted by atomic mass is 10.0. The minimum Gasteiger partial charge on any atom is -0.307 e. The van der Waals surface area contributed by atoms with Crippen molar-refractivity contribution in [3.63, 3.8) is 0 Å². The lowest BCUT2D eigenvalue weighted by Crippen LogP contribution is -2.11. The molecule has 3 aromatic carbocycles. The predicted octanol–water partition coefficient (Wildman–Crippen LogP) is 5.43. The number of fused-ring (bicyclic) bond motifs is 6. The van der Waals surface area contributed by atoms with Gasteiger partial charge in [-0.05, 0) is 60.4 Å². The molecular weight excluding hydrogens is 500 g/mol. The molecule has 0 aliphatic rings. The van der Waals surface area contributed by atoms with Crippen molar-refractivity contribution in [2.24, 2.45) is 0 Å². The normalized spacial score (nSPS) is 12.8. The summed E-state index contributed by atoms with van der Waals surface area (Å²) in [7, 11) is 0. The van der Waals surface area contributed by atoms with Crippen LogP contribution >= 0.6 is 0 Å². The van der Waals surface area contributed by atoms with Gasteiger partial charge in [-0.2, -0.15) is 0 Å². The minimum atomic E-state index is -0.122. The maximum Gasteiger partial charge on any atom is 0.190 e. The fourth-order valence-electron chi connectivity index (χ4n) is 7.08. The summed E-state index contributed by atoms with van der Waals surface area (Å²) in [4.78, 5) is 53.5. The van der Waals surface area contributed by atoms with E-state index in [1.807, 2.05) is 59.0 Å². The van der Waals surface area contributed by atoms with E-state index in [0.29, 0.717) is 32.6 Å². The van der Waals surface area contributed by atoms with Crippen molar-refractivity contribution in [2.75, 3.05) is 0 Å². The molecule has 0 fully saturated rings. The van der Waals surface area contributed by atoms with Crippen LogP contribution in [0.2, 0.25) is 0 Å². The van der Waals surface area contributed by atoms with Gasteiger partial charge < -0.3 is 8.80 Å². The van der Waals surface area contributed by atoms with E-state index < -0.39 is 0 Å². The second-order valence-corrected chi connectivity index (χ2v) is 11.0. The van der Waals surface area contributed by atoms with Crippen LogP contribution in [0.25, 0.3) is 76.2 Å². The van der Waals surface area contributed by atoms with Crippen LogP contribution in [0.15, 0.2) is 79.8 Å². The minimum absolute atomic E-state index is 0.122. The molecule has 9 rings (SSSR count). The second kappa shape index (κ2) is 6.90. The summed E-state index contributed by atoms with van der Waals surface area (Å²) >= 11 is 0. The molecule has 190 valence electrons. The summed E-state index contributed by atoms with van der Waals surface area (Å²) in [6, 6.07) is 18.2. The molecule has 0 N–H and O–H groups in total. The summed E-state index contributed by atoms with van der Waals surface area (Å²) < 4.78 is 4.04. The molecule has 0 saturated heterocycles. The fourth-order valence-corrected chi connectivity index (χ4v) is 7.08. The van der Waals surface area contributed by atoms with Crippen LogP contribution in [0, 0.1) is 0 Å². The van der Waals surface area contributed by atoms with Gasteiger partial charge in [0.25, 0.3) is 0 Å². The average Bonchev–Trinajstić information content (AvgIpc) is 3.43. The third-order valence-corrected chi connectivity index (χ3v) is 8.96. The Balaban J connectivity index is 1.55. The van der Waals surface area contributed by atoms with Gasteiger partial charge >= 0.3 is 0 Å². The Morgan fingerprint density at radius 2 is 0.675 bits per heavy atom. The van der Waals surface area contributed by atoms with Crippen LogP contribution in [0.3, 0.4) is 0 Å². The maximum atomic E-state index is 13.4. The molecule has 0 radical (unpaired) electrons. The fraction of sp³-hybridized carbons (Fsp3) is 0.118. The Morgan fingerprint density at radius 1 is 0.400 bits per heavy atom. The van der Waals surface area contributed by atoms with Crippen LogP contribution < -0.4 is 21.7 Å². The molecule has 0 saturated carbocycles. The molecule has 6 nitrogen and oxygen atoms in total. The number of hydrogen-bond donors (Lipinski definition) is 0. The molecule has 0 aliphatic heterocycles. The Kier molecular flexibility index (Phi) is 3.76. The zero-order valence-electron chi connectivity index (χ0n) is 21.7. The topological polar surface area (TPSA) is 77.1 Å². The zero-order chi connectivity index (χ0) is 27.2. The number of benzene rings is 3. The molecule has 40 heavy (non-hydrogen) atoms. The Morgan fingerprint density at radius 3 is 0.925 bits per heavy atom. The predicted molar refractivity (Wildman–Crippen MR) is 162 cm³/mol. The SMILES string of the molecule is CCc1cc2c(=O)cc3c4cc5c(cc4c4cc(=O)c(c1)c2n34)c1cc(=O)c2cc(CC)cc3c(=O)cc5n1c32. The quantitative estimate of drug-likeness (QED) is 0.305. The van der Waals surface area contributed by atoms with Gasteiger partial charge in [0.2, 0.25) is 0 Å². The van der Waals surface area contributed by atoms with Gasteiger partial charge in [0.05, 0.1) is 33.1 Å². The van der Waals surface area contributed by atoms with E-state index in [9.17, 15) is 19.2 Å². The molecule has 0 bridgehead atoms. The van der Waals surface area contributed by atoms with Gasteiger partial charge in [0.15, 0.2) is 21.7 Å². The highest BCUT2D eigenvalue weighted by Crippen LogP contribution is 2.39. The summed E-state index contributed by atoms with van der Waals surface area (Å²) in [5.74, 6) is 0. The van der Waals surface area contributed by atoms with E-state index >= 15 is 0 Å². The Labute approximate surface area is 224 Å². The standard InChI is InChI=1S/C34H20N2O4/c1-3-15-5-21-29(37)11-25-17-9-19-20(10-18(17)26-12-30(38)22(6-15)33(21)35(25)26)28-14-32(40)24-8-16(4-2)7-23-31(39)13-27(19)36(28)34(23)24/h5-14H,3-4H2,1-2H3. The molecule has 0 amide bonds. The van der Waals surface area contributed by atoms with Crippen LogP contribution in [0.5, 0.6) is 0 Å². The Hall–Kier alpha value is -5.10. The molecule has 6 heteroatoms. The highest BCUT2D eigenvalue weighted by atomic mass is 16.1. The van der Waals surface area contributed by atoms with Crippen molar-refractivity contribution >= 4 is 76.2 Å². The first-order chi connectivity index (χ1) is 19.4. The first kappa shape index (κ1) is 21.8. The van der Waals surface area contributed by atoms with Gasteiger partial charge in [0.1, 0.15) is 0 Å². The monoisotopic (exact) mass is 520 g/mol. The van der Waals surface area contributed by atoms with Crippen molar-refractivity contribution in [3.05, 3.63) is 113 Å². The smallest absolute Gasteiger partial charge is 0.190 e. The summed E-state index contributed by atoms with van der Waals surface area (Å²) in [5.41, 5.74) is 5.61.